The van der Waals surface area contributed by atoms with Crippen LogP contribution in [0, 0.1) is 6.92 Å². The van der Waals surface area contributed by atoms with E-state index in [9.17, 15) is 8.42 Å². The third-order valence-corrected chi connectivity index (χ3v) is 6.74. The normalized spacial score (nSPS) is 14.4. The van der Waals surface area contributed by atoms with E-state index >= 15 is 0 Å². The number of nitrogens with zero attached hydrogens (tertiary/aromatic N) is 3. The molecule has 1 fully saturated rings. The van der Waals surface area contributed by atoms with E-state index in [0.717, 1.165) is 37.6 Å². The van der Waals surface area contributed by atoms with Crippen LogP contribution in [0.1, 0.15) is 5.56 Å². The van der Waals surface area contributed by atoms with E-state index in [-0.39, 0.29) is 4.90 Å². The summed E-state index contributed by atoms with van der Waals surface area (Å²) >= 11 is 0. The quantitative estimate of drug-likeness (QED) is 0.635. The molecule has 31 heavy (non-hydrogen) atoms. The number of piperazine rings is 1. The Hall–Kier alpha value is -3.26. The molecule has 0 radical (unpaired) electrons. The molecule has 0 atom stereocenters. The Bertz CT molecular complexity index is 1130. The van der Waals surface area contributed by atoms with Crippen LogP contribution in [0.15, 0.2) is 71.8 Å². The van der Waals surface area contributed by atoms with Gasteiger partial charge in [-0.3, -0.25) is 4.72 Å². The number of anilines is 3. The summed E-state index contributed by atoms with van der Waals surface area (Å²) in [7, 11) is -2.33. The second-order valence-electron chi connectivity index (χ2n) is 7.47. The van der Waals surface area contributed by atoms with Gasteiger partial charge in [-0.15, -0.1) is 0 Å². The zero-order valence-electron chi connectivity index (χ0n) is 17.7. The van der Waals surface area contributed by atoms with Crippen molar-refractivity contribution in [2.24, 2.45) is 0 Å². The standard InChI is InChI=1S/C23H26N4O3S/c1-18-8-10-21(30-2)22(16-18)31(28,29)25-19-9-11-23(24-17-19)27-14-12-26(13-15-27)20-6-4-3-5-7-20/h3-11,16-17,25H,12-15H2,1-2H3. The first-order chi connectivity index (χ1) is 15.0. The maximum atomic E-state index is 12.9. The van der Waals surface area contributed by atoms with Gasteiger partial charge in [0.15, 0.2) is 0 Å². The molecule has 3 aromatic rings. The molecule has 1 aliphatic rings. The third kappa shape index (κ3) is 4.74. The van der Waals surface area contributed by atoms with E-state index in [1.54, 1.807) is 24.4 Å². The second kappa shape index (κ2) is 8.85. The lowest BCUT2D eigenvalue weighted by Gasteiger charge is -2.36. The molecule has 0 bridgehead atoms. The zero-order chi connectivity index (χ0) is 21.8. The van der Waals surface area contributed by atoms with Crippen LogP contribution < -0.4 is 19.3 Å². The topological polar surface area (TPSA) is 74.8 Å². The first-order valence-electron chi connectivity index (χ1n) is 10.1. The number of hydrogen-bond acceptors (Lipinski definition) is 6. The van der Waals surface area contributed by atoms with Crippen LogP contribution in [0.25, 0.3) is 0 Å². The number of hydrogen-bond donors (Lipinski definition) is 1. The van der Waals surface area contributed by atoms with Gasteiger partial charge < -0.3 is 14.5 Å². The minimum absolute atomic E-state index is 0.108. The molecule has 162 valence electrons. The van der Waals surface area contributed by atoms with Gasteiger partial charge in [0.25, 0.3) is 10.0 Å². The number of para-hydroxylation sites is 1. The van der Waals surface area contributed by atoms with Gasteiger partial charge in [0, 0.05) is 31.9 Å². The van der Waals surface area contributed by atoms with Crippen LogP contribution in [0.3, 0.4) is 0 Å². The molecule has 1 aliphatic heterocycles. The van der Waals surface area contributed by atoms with Gasteiger partial charge in [0.05, 0.1) is 19.0 Å². The predicted molar refractivity (Wildman–Crippen MR) is 124 cm³/mol. The van der Waals surface area contributed by atoms with Crippen LogP contribution in [0.2, 0.25) is 0 Å². The summed E-state index contributed by atoms with van der Waals surface area (Å²) in [5.41, 5.74) is 2.48. The van der Waals surface area contributed by atoms with Crippen molar-refractivity contribution >= 4 is 27.2 Å². The van der Waals surface area contributed by atoms with Crippen molar-refractivity contribution in [3.05, 3.63) is 72.4 Å². The molecular weight excluding hydrogens is 412 g/mol. The van der Waals surface area contributed by atoms with Crippen LogP contribution in [0.4, 0.5) is 17.2 Å². The van der Waals surface area contributed by atoms with Crippen molar-refractivity contribution < 1.29 is 13.2 Å². The molecule has 0 spiro atoms. The van der Waals surface area contributed by atoms with Gasteiger partial charge in [-0.2, -0.15) is 0 Å². The van der Waals surface area contributed by atoms with E-state index in [0.29, 0.717) is 11.4 Å². The zero-order valence-corrected chi connectivity index (χ0v) is 18.5. The van der Waals surface area contributed by atoms with Crippen LogP contribution in [-0.4, -0.2) is 46.7 Å². The fourth-order valence-corrected chi connectivity index (χ4v) is 4.97. The maximum Gasteiger partial charge on any atom is 0.265 e. The number of aryl methyl sites for hydroxylation is 1. The maximum absolute atomic E-state index is 12.9. The van der Waals surface area contributed by atoms with Crippen molar-refractivity contribution in [3.8, 4) is 5.75 Å². The fraction of sp³-hybridized carbons (Fsp3) is 0.261. The Morgan fingerprint density at radius 3 is 2.29 bits per heavy atom. The van der Waals surface area contributed by atoms with E-state index in [2.05, 4.69) is 43.8 Å². The van der Waals surface area contributed by atoms with E-state index in [4.69, 9.17) is 4.74 Å². The summed E-state index contributed by atoms with van der Waals surface area (Å²) in [6, 6.07) is 19.0. The lowest BCUT2D eigenvalue weighted by atomic mass is 10.2. The van der Waals surface area contributed by atoms with Gasteiger partial charge in [-0.05, 0) is 48.9 Å². The van der Waals surface area contributed by atoms with Crippen molar-refractivity contribution in [2.45, 2.75) is 11.8 Å². The Balaban J connectivity index is 1.43. The lowest BCUT2D eigenvalue weighted by Crippen LogP contribution is -2.46. The summed E-state index contributed by atoms with van der Waals surface area (Å²) < 4.78 is 33.5. The highest BCUT2D eigenvalue weighted by Crippen LogP contribution is 2.27. The molecule has 7 nitrogen and oxygen atoms in total. The Labute approximate surface area is 183 Å². The van der Waals surface area contributed by atoms with E-state index in [1.165, 1.54) is 12.8 Å². The SMILES string of the molecule is COc1ccc(C)cc1S(=O)(=O)Nc1ccc(N2CCN(c3ccccc3)CC2)nc1. The number of pyridine rings is 1. The fourth-order valence-electron chi connectivity index (χ4n) is 3.67. The van der Waals surface area contributed by atoms with Gasteiger partial charge >= 0.3 is 0 Å². The van der Waals surface area contributed by atoms with Crippen LogP contribution in [-0.2, 0) is 10.0 Å². The van der Waals surface area contributed by atoms with Gasteiger partial charge in [-0.25, -0.2) is 13.4 Å². The largest absolute Gasteiger partial charge is 0.495 e. The molecule has 0 amide bonds. The molecule has 2 heterocycles. The molecule has 0 aliphatic carbocycles. The highest BCUT2D eigenvalue weighted by atomic mass is 32.2. The summed E-state index contributed by atoms with van der Waals surface area (Å²) in [6.07, 6.45) is 1.55. The Morgan fingerprint density at radius 1 is 0.935 bits per heavy atom. The third-order valence-electron chi connectivity index (χ3n) is 5.33. The second-order valence-corrected chi connectivity index (χ2v) is 9.13. The summed E-state index contributed by atoms with van der Waals surface area (Å²) in [5, 5.41) is 0. The molecule has 2 aromatic carbocycles. The molecular formula is C23H26N4O3S. The van der Waals surface area contributed by atoms with Crippen molar-refractivity contribution in [1.82, 2.24) is 4.98 Å². The first-order valence-corrected chi connectivity index (χ1v) is 11.6. The van der Waals surface area contributed by atoms with E-state index < -0.39 is 10.0 Å². The predicted octanol–water partition coefficient (Wildman–Crippen LogP) is 3.53. The number of sulfonamides is 1. The number of aromatic nitrogens is 1. The average Bonchev–Trinajstić information content (AvgIpc) is 2.80. The minimum Gasteiger partial charge on any atom is -0.495 e. The molecule has 1 saturated heterocycles. The number of nitrogens with one attached hydrogen (secondary N) is 1. The van der Waals surface area contributed by atoms with Crippen molar-refractivity contribution in [1.29, 1.82) is 0 Å². The molecule has 1 aromatic heterocycles. The molecule has 0 unspecified atom stereocenters. The Morgan fingerprint density at radius 2 is 1.65 bits per heavy atom. The van der Waals surface area contributed by atoms with Gasteiger partial charge in [0.2, 0.25) is 0 Å². The Kier molecular flexibility index (Phi) is 5.99. The van der Waals surface area contributed by atoms with Gasteiger partial charge in [0.1, 0.15) is 16.5 Å². The van der Waals surface area contributed by atoms with Gasteiger partial charge in [-0.1, -0.05) is 24.3 Å². The smallest absolute Gasteiger partial charge is 0.265 e. The molecule has 8 heteroatoms. The van der Waals surface area contributed by atoms with Crippen LogP contribution in [0.5, 0.6) is 5.75 Å². The highest BCUT2D eigenvalue weighted by molar-refractivity contribution is 7.92. The molecule has 4 rings (SSSR count). The minimum atomic E-state index is -3.79. The molecule has 0 saturated carbocycles. The summed E-state index contributed by atoms with van der Waals surface area (Å²) in [6.45, 7) is 5.37. The number of benzene rings is 2. The number of ether oxygens (including phenoxy) is 1. The monoisotopic (exact) mass is 438 g/mol. The number of rotatable bonds is 6. The first kappa shape index (κ1) is 21.0. The average molecular weight is 439 g/mol. The lowest BCUT2D eigenvalue weighted by molar-refractivity contribution is 0.402. The van der Waals surface area contributed by atoms with Crippen LogP contribution >= 0.6 is 0 Å². The summed E-state index contributed by atoms with van der Waals surface area (Å²) in [4.78, 5) is 9.16. The van der Waals surface area contributed by atoms with E-state index in [1.807, 2.05) is 25.1 Å². The summed E-state index contributed by atoms with van der Waals surface area (Å²) in [5.74, 6) is 1.14. The van der Waals surface area contributed by atoms with Crippen molar-refractivity contribution in [2.75, 3.05) is 47.8 Å². The van der Waals surface area contributed by atoms with Crippen molar-refractivity contribution in [3.63, 3.8) is 0 Å². The highest BCUT2D eigenvalue weighted by Gasteiger charge is 2.21. The number of methoxy groups -OCH3 is 1. The molecule has 1 N–H and O–H groups in total.